The maximum absolute atomic E-state index is 14.1. The lowest BCUT2D eigenvalue weighted by Crippen LogP contribution is -2.31. The molecule has 29 heavy (non-hydrogen) atoms. The minimum atomic E-state index is -4.59. The summed E-state index contributed by atoms with van der Waals surface area (Å²) in [5, 5.41) is -0.256. The molecular weight excluding hydrogens is 434 g/mol. The van der Waals surface area contributed by atoms with E-state index in [9.17, 15) is 26.0 Å². The lowest BCUT2D eigenvalue weighted by Gasteiger charge is -2.22. The Morgan fingerprint density at radius 2 is 1.72 bits per heavy atom. The number of alkyl halides is 3. The average molecular weight is 448 g/mol. The number of hydrogen-bond acceptors (Lipinski definition) is 3. The average Bonchev–Trinajstić information content (AvgIpc) is 3.15. The Labute approximate surface area is 169 Å². The molecule has 4 nitrogen and oxygen atoms in total. The minimum Gasteiger partial charge on any atom is -0.468 e. The molecular formula is C19H14ClF4NO3S. The molecule has 0 spiro atoms. The minimum absolute atomic E-state index is 0.131. The van der Waals surface area contributed by atoms with Gasteiger partial charge in [0.2, 0.25) is 10.0 Å². The summed E-state index contributed by atoms with van der Waals surface area (Å²) < 4.78 is 84.8. The second-order valence-corrected chi connectivity index (χ2v) is 8.40. The standard InChI is InChI=1S/C19H14ClF4NO3S/c20-16-10-14(19(22,23)24)8-7-13(16)11-25(12-15-4-3-9-28-15)29(26,27)18-6-2-1-5-17(18)21/h1-10H,11-12H2. The molecule has 154 valence electrons. The molecule has 0 saturated heterocycles. The van der Waals surface area contributed by atoms with Gasteiger partial charge in [-0.15, -0.1) is 0 Å². The van der Waals surface area contributed by atoms with Crippen molar-refractivity contribution in [1.82, 2.24) is 4.31 Å². The quantitative estimate of drug-likeness (QED) is 0.470. The van der Waals surface area contributed by atoms with Gasteiger partial charge in [-0.1, -0.05) is 29.8 Å². The number of nitrogens with zero attached hydrogens (tertiary/aromatic N) is 1. The van der Waals surface area contributed by atoms with E-state index in [4.69, 9.17) is 16.0 Å². The van der Waals surface area contributed by atoms with Crippen molar-refractivity contribution in [2.75, 3.05) is 0 Å². The van der Waals surface area contributed by atoms with Crippen LogP contribution in [0.25, 0.3) is 0 Å². The van der Waals surface area contributed by atoms with Crippen molar-refractivity contribution in [2.45, 2.75) is 24.2 Å². The molecule has 0 N–H and O–H groups in total. The van der Waals surface area contributed by atoms with Crippen LogP contribution in [0.1, 0.15) is 16.9 Å². The molecule has 0 radical (unpaired) electrons. The predicted molar refractivity (Wildman–Crippen MR) is 98.0 cm³/mol. The second kappa shape index (κ2) is 8.17. The summed E-state index contributed by atoms with van der Waals surface area (Å²) >= 11 is 5.97. The van der Waals surface area contributed by atoms with Gasteiger partial charge in [-0.05, 0) is 42.0 Å². The number of furan rings is 1. The lowest BCUT2D eigenvalue weighted by molar-refractivity contribution is -0.137. The van der Waals surface area contributed by atoms with E-state index in [1.54, 1.807) is 6.07 Å². The van der Waals surface area contributed by atoms with Crippen LogP contribution in [0.5, 0.6) is 0 Å². The highest BCUT2D eigenvalue weighted by atomic mass is 35.5. The van der Waals surface area contributed by atoms with Gasteiger partial charge < -0.3 is 4.42 Å². The van der Waals surface area contributed by atoms with E-state index in [1.807, 2.05) is 0 Å². The Hall–Kier alpha value is -2.36. The highest BCUT2D eigenvalue weighted by Gasteiger charge is 2.32. The molecule has 2 aromatic carbocycles. The van der Waals surface area contributed by atoms with Gasteiger partial charge in [0.15, 0.2) is 0 Å². The first-order chi connectivity index (χ1) is 13.6. The summed E-state index contributed by atoms with van der Waals surface area (Å²) in [6.07, 6.45) is -3.25. The van der Waals surface area contributed by atoms with Gasteiger partial charge >= 0.3 is 6.18 Å². The molecule has 1 heterocycles. The number of hydrogen-bond donors (Lipinski definition) is 0. The highest BCUT2D eigenvalue weighted by Crippen LogP contribution is 2.33. The van der Waals surface area contributed by atoms with Gasteiger partial charge in [-0.3, -0.25) is 0 Å². The van der Waals surface area contributed by atoms with Crippen LogP contribution in [0.15, 0.2) is 70.2 Å². The van der Waals surface area contributed by atoms with Crippen molar-refractivity contribution < 1.29 is 30.4 Å². The molecule has 3 rings (SSSR count). The van der Waals surface area contributed by atoms with Gasteiger partial charge in [-0.2, -0.15) is 17.5 Å². The van der Waals surface area contributed by atoms with E-state index in [-0.39, 0.29) is 29.4 Å². The zero-order valence-electron chi connectivity index (χ0n) is 14.7. The Kier molecular flexibility index (Phi) is 6.02. The molecule has 0 aliphatic rings. The van der Waals surface area contributed by atoms with Gasteiger partial charge in [0.05, 0.1) is 18.4 Å². The van der Waals surface area contributed by atoms with Crippen molar-refractivity contribution in [1.29, 1.82) is 0 Å². The molecule has 3 aromatic rings. The van der Waals surface area contributed by atoms with Gasteiger partial charge in [-0.25, -0.2) is 12.8 Å². The highest BCUT2D eigenvalue weighted by molar-refractivity contribution is 7.89. The molecule has 10 heteroatoms. The summed E-state index contributed by atoms with van der Waals surface area (Å²) in [6, 6.07) is 10.5. The first-order valence-electron chi connectivity index (χ1n) is 8.22. The fourth-order valence-electron chi connectivity index (χ4n) is 2.64. The van der Waals surface area contributed by atoms with Gasteiger partial charge in [0.1, 0.15) is 16.5 Å². The third-order valence-corrected chi connectivity index (χ3v) is 6.27. The fourth-order valence-corrected chi connectivity index (χ4v) is 4.33. The Balaban J connectivity index is 2.00. The van der Waals surface area contributed by atoms with Crippen molar-refractivity contribution in [3.8, 4) is 0 Å². The van der Waals surface area contributed by atoms with E-state index >= 15 is 0 Å². The molecule has 0 amide bonds. The summed E-state index contributed by atoms with van der Waals surface area (Å²) in [6.45, 7) is -0.643. The van der Waals surface area contributed by atoms with Crippen molar-refractivity contribution in [3.63, 3.8) is 0 Å². The summed E-state index contributed by atoms with van der Waals surface area (Å²) in [4.78, 5) is -0.561. The smallest absolute Gasteiger partial charge is 0.416 e. The maximum atomic E-state index is 14.1. The zero-order chi connectivity index (χ0) is 21.2. The Morgan fingerprint density at radius 3 is 2.31 bits per heavy atom. The first-order valence-corrected chi connectivity index (χ1v) is 10.0. The molecule has 0 unspecified atom stereocenters. The lowest BCUT2D eigenvalue weighted by atomic mass is 10.1. The Bertz CT molecular complexity index is 1100. The van der Waals surface area contributed by atoms with Crippen LogP contribution in [0.3, 0.4) is 0 Å². The third kappa shape index (κ3) is 4.80. The zero-order valence-corrected chi connectivity index (χ0v) is 16.2. The van der Waals surface area contributed by atoms with Crippen molar-refractivity contribution in [3.05, 3.63) is 88.6 Å². The van der Waals surface area contributed by atoms with Crippen LogP contribution in [0.4, 0.5) is 17.6 Å². The monoisotopic (exact) mass is 447 g/mol. The SMILES string of the molecule is O=S(=O)(c1ccccc1F)N(Cc1ccco1)Cc1ccc(C(F)(F)F)cc1Cl. The third-order valence-electron chi connectivity index (χ3n) is 4.09. The first kappa shape index (κ1) is 21.4. The molecule has 0 aliphatic carbocycles. The van der Waals surface area contributed by atoms with Gasteiger partial charge in [0, 0.05) is 11.6 Å². The predicted octanol–water partition coefficient (Wildman–Crippen LogP) is 5.48. The largest absolute Gasteiger partial charge is 0.468 e. The number of halogens is 5. The topological polar surface area (TPSA) is 50.5 Å². The number of sulfonamides is 1. The Morgan fingerprint density at radius 1 is 1.00 bits per heavy atom. The molecule has 0 saturated carbocycles. The summed E-state index contributed by atoms with van der Waals surface area (Å²) in [5.41, 5.74) is -0.827. The number of benzene rings is 2. The van der Waals surface area contributed by atoms with Crippen LogP contribution in [-0.2, 0) is 29.3 Å². The van der Waals surface area contributed by atoms with E-state index in [1.165, 1.54) is 24.5 Å². The van der Waals surface area contributed by atoms with Crippen LogP contribution in [0.2, 0.25) is 5.02 Å². The van der Waals surface area contributed by atoms with E-state index in [2.05, 4.69) is 0 Å². The van der Waals surface area contributed by atoms with Crippen molar-refractivity contribution >= 4 is 21.6 Å². The maximum Gasteiger partial charge on any atom is 0.416 e. The normalized spacial score (nSPS) is 12.5. The van der Waals surface area contributed by atoms with E-state index in [0.717, 1.165) is 34.6 Å². The summed E-state index contributed by atoms with van der Waals surface area (Å²) in [5.74, 6) is -0.677. The van der Waals surface area contributed by atoms with Crippen molar-refractivity contribution in [2.24, 2.45) is 0 Å². The number of rotatable bonds is 6. The molecule has 1 aromatic heterocycles. The van der Waals surface area contributed by atoms with Crippen LogP contribution < -0.4 is 0 Å². The molecule has 0 bridgehead atoms. The van der Waals surface area contributed by atoms with Gasteiger partial charge in [0.25, 0.3) is 0 Å². The van der Waals surface area contributed by atoms with Crippen LogP contribution in [-0.4, -0.2) is 12.7 Å². The second-order valence-electron chi connectivity index (χ2n) is 6.09. The molecule has 0 atom stereocenters. The molecule has 0 aliphatic heterocycles. The summed E-state index contributed by atoms with van der Waals surface area (Å²) in [7, 11) is -4.34. The van der Waals surface area contributed by atoms with E-state index in [0.29, 0.717) is 0 Å². The van der Waals surface area contributed by atoms with E-state index < -0.39 is 32.5 Å². The van der Waals surface area contributed by atoms with Crippen LogP contribution >= 0.6 is 11.6 Å². The van der Waals surface area contributed by atoms with Crippen LogP contribution in [0, 0.1) is 5.82 Å². The fraction of sp³-hybridized carbons (Fsp3) is 0.158. The molecule has 0 fully saturated rings.